The van der Waals surface area contributed by atoms with E-state index in [-0.39, 0.29) is 11.4 Å². The van der Waals surface area contributed by atoms with E-state index < -0.39 is 52.3 Å². The van der Waals surface area contributed by atoms with Crippen LogP contribution in [0.15, 0.2) is 113 Å². The summed E-state index contributed by atoms with van der Waals surface area (Å²) in [6.45, 7) is 5.11. The van der Waals surface area contributed by atoms with Crippen molar-refractivity contribution in [3.05, 3.63) is 119 Å². The maximum atomic E-state index is 14.0. The third-order valence-electron chi connectivity index (χ3n) is 6.55. The van der Waals surface area contributed by atoms with Crippen molar-refractivity contribution in [2.24, 2.45) is 0 Å². The number of benzene rings is 2. The third kappa shape index (κ3) is 7.12. The number of nitrogens with zero attached hydrogens (tertiary/aromatic N) is 2. The molecule has 2 unspecified atom stereocenters. The van der Waals surface area contributed by atoms with E-state index in [1.807, 2.05) is 78.9 Å². The summed E-state index contributed by atoms with van der Waals surface area (Å²) in [5.41, 5.74) is 1.09. The lowest BCUT2D eigenvalue weighted by Gasteiger charge is -2.49. The number of hydrogen-bond acceptors (Lipinski definition) is 8. The van der Waals surface area contributed by atoms with Gasteiger partial charge in [-0.15, -0.1) is 0 Å². The lowest BCUT2D eigenvalue weighted by atomic mass is 10.0. The number of carbonyl (C=O) groups excluding carboxylic acids is 3. The molecule has 0 radical (unpaired) electrons. The van der Waals surface area contributed by atoms with Crippen molar-refractivity contribution in [2.75, 3.05) is 5.75 Å². The van der Waals surface area contributed by atoms with Crippen LogP contribution in [0, 0.1) is 0 Å². The highest BCUT2D eigenvalue weighted by Crippen LogP contribution is 2.39. The van der Waals surface area contributed by atoms with E-state index in [0.717, 1.165) is 16.2 Å². The molecule has 1 aromatic heterocycles. The number of esters is 1. The topological polar surface area (TPSA) is 121 Å². The lowest BCUT2D eigenvalue weighted by Crippen LogP contribution is -2.74. The number of thioether (sulfide) groups is 1. The maximum Gasteiger partial charge on any atom is 0.408 e. The molecule has 222 valence electrons. The normalized spacial score (nSPS) is 20.1. The number of hydrogen-bond donors (Lipinski definition) is 1. The highest BCUT2D eigenvalue weighted by atomic mass is 32.2. The summed E-state index contributed by atoms with van der Waals surface area (Å²) in [6, 6.07) is 23.0. The summed E-state index contributed by atoms with van der Waals surface area (Å²) < 4.78 is 24.9. The zero-order valence-electron chi connectivity index (χ0n) is 23.8. The fraction of sp³-hybridized carbons (Fsp3) is 0.250. The highest BCUT2D eigenvalue weighted by Gasteiger charge is 2.61. The molecule has 2 aliphatic rings. The molecule has 0 aliphatic carbocycles. The van der Waals surface area contributed by atoms with Crippen LogP contribution in [-0.4, -0.2) is 55.2 Å². The van der Waals surface area contributed by atoms with Gasteiger partial charge < -0.3 is 19.3 Å². The number of carbonyl (C=O) groups is 3. The van der Waals surface area contributed by atoms with E-state index in [9.17, 15) is 18.9 Å². The molecule has 2 aliphatic heterocycles. The Labute approximate surface area is 257 Å². The quantitative estimate of drug-likeness (QED) is 0.161. The molecule has 43 heavy (non-hydrogen) atoms. The minimum absolute atomic E-state index is 0.00780. The molecule has 1 saturated heterocycles. The van der Waals surface area contributed by atoms with Crippen molar-refractivity contribution in [1.82, 2.24) is 15.2 Å². The second-order valence-electron chi connectivity index (χ2n) is 10.8. The van der Waals surface area contributed by atoms with Gasteiger partial charge in [0.2, 0.25) is 5.37 Å². The van der Waals surface area contributed by atoms with Gasteiger partial charge in [-0.3, -0.25) is 9.69 Å². The van der Waals surface area contributed by atoms with Crippen LogP contribution in [0.3, 0.4) is 0 Å². The Morgan fingerprint density at radius 2 is 1.67 bits per heavy atom. The molecule has 2 amide bonds. The number of fused-ring (bicyclic) bond motifs is 1. The number of amides is 2. The SMILES string of the molecule is CC(C)(C)OC(=O)NC1C(=O)N2C(C(=O)OC(c3ccccc3)c3ccccc3)=C(/C=C/Sc3ccccn3)C[S+]([O-])[C@H]12. The Kier molecular flexibility index (Phi) is 9.24. The molecule has 0 saturated carbocycles. The standard InChI is InChI=1S/C32H31N3O6S2/c1-32(2,3)41-31(38)34-25-28(36)35-26(23(20-43(39)29(25)35)17-19-42-24-16-10-11-18-33-24)30(37)40-27(21-12-6-4-7-13-21)22-14-8-5-9-15-22/h4-19,25,27,29H,20H2,1-3H3,(H,34,38)/b19-17+/t25?,29-,43?/m1/s1. The van der Waals surface area contributed by atoms with E-state index in [2.05, 4.69) is 10.3 Å². The average molecular weight is 618 g/mol. The number of aromatic nitrogens is 1. The van der Waals surface area contributed by atoms with Crippen LogP contribution in [0.2, 0.25) is 0 Å². The smallest absolute Gasteiger partial charge is 0.408 e. The molecule has 1 N–H and O–H groups in total. The first kappa shape index (κ1) is 30.4. The van der Waals surface area contributed by atoms with Crippen LogP contribution in [0.5, 0.6) is 0 Å². The maximum absolute atomic E-state index is 14.0. The van der Waals surface area contributed by atoms with E-state index >= 15 is 0 Å². The van der Waals surface area contributed by atoms with Gasteiger partial charge in [0.05, 0.1) is 0 Å². The first-order valence-electron chi connectivity index (χ1n) is 13.6. The molecular weight excluding hydrogens is 587 g/mol. The average Bonchev–Trinajstić information content (AvgIpc) is 2.99. The second kappa shape index (κ2) is 13.1. The van der Waals surface area contributed by atoms with Crippen molar-refractivity contribution < 1.29 is 28.4 Å². The fourth-order valence-electron chi connectivity index (χ4n) is 4.71. The predicted octanol–water partition coefficient (Wildman–Crippen LogP) is 5.10. The van der Waals surface area contributed by atoms with Crippen LogP contribution in [0.1, 0.15) is 38.0 Å². The lowest BCUT2D eigenvalue weighted by molar-refractivity contribution is -0.154. The van der Waals surface area contributed by atoms with Gasteiger partial charge >= 0.3 is 12.1 Å². The molecule has 0 bridgehead atoms. The van der Waals surface area contributed by atoms with Crippen molar-refractivity contribution in [1.29, 1.82) is 0 Å². The van der Waals surface area contributed by atoms with Gasteiger partial charge in [-0.1, -0.05) is 78.5 Å². The van der Waals surface area contributed by atoms with E-state index in [1.54, 1.807) is 38.5 Å². The van der Waals surface area contributed by atoms with Crippen LogP contribution >= 0.6 is 11.8 Å². The molecule has 0 spiro atoms. The third-order valence-corrected chi connectivity index (χ3v) is 8.92. The molecule has 3 atom stereocenters. The molecule has 3 aromatic rings. The molecular formula is C32H31N3O6S2. The molecule has 1 fully saturated rings. The number of alkyl carbamates (subject to hydrolysis) is 1. The van der Waals surface area contributed by atoms with Gasteiger partial charge in [0.25, 0.3) is 5.91 Å². The summed E-state index contributed by atoms with van der Waals surface area (Å²) >= 11 is -0.308. The first-order valence-corrected chi connectivity index (χ1v) is 15.9. The zero-order valence-corrected chi connectivity index (χ0v) is 25.5. The number of rotatable bonds is 8. The van der Waals surface area contributed by atoms with Gasteiger partial charge in [-0.05, 0) is 66.7 Å². The summed E-state index contributed by atoms with van der Waals surface area (Å²) in [4.78, 5) is 45.4. The van der Waals surface area contributed by atoms with Gasteiger partial charge in [-0.2, -0.15) is 0 Å². The van der Waals surface area contributed by atoms with Crippen LogP contribution in [0.4, 0.5) is 4.79 Å². The molecule has 9 nitrogen and oxygen atoms in total. The number of pyridine rings is 1. The minimum atomic E-state index is -1.63. The monoisotopic (exact) mass is 617 g/mol. The Bertz CT molecular complexity index is 1490. The summed E-state index contributed by atoms with van der Waals surface area (Å²) in [5, 5.41) is 4.05. The largest absolute Gasteiger partial charge is 0.614 e. The van der Waals surface area contributed by atoms with Gasteiger partial charge in [0, 0.05) is 11.8 Å². The predicted molar refractivity (Wildman–Crippen MR) is 164 cm³/mol. The fourth-order valence-corrected chi connectivity index (χ4v) is 7.00. The van der Waals surface area contributed by atoms with E-state index in [0.29, 0.717) is 5.57 Å². The number of allylic oxidation sites excluding steroid dienone is 1. The second-order valence-corrected chi connectivity index (χ2v) is 13.3. The summed E-state index contributed by atoms with van der Waals surface area (Å²) in [7, 11) is 0. The summed E-state index contributed by atoms with van der Waals surface area (Å²) in [6.07, 6.45) is 1.77. The van der Waals surface area contributed by atoms with Crippen molar-refractivity contribution in [3.8, 4) is 0 Å². The Morgan fingerprint density at radius 1 is 1.05 bits per heavy atom. The molecule has 3 heterocycles. The number of nitrogens with one attached hydrogen (secondary N) is 1. The van der Waals surface area contributed by atoms with Gasteiger partial charge in [0.15, 0.2) is 12.1 Å². The number of β-lactam (4-membered cyclic amide) rings is 1. The van der Waals surface area contributed by atoms with Gasteiger partial charge in [0.1, 0.15) is 22.1 Å². The summed E-state index contributed by atoms with van der Waals surface area (Å²) in [5.74, 6) is -1.34. The highest BCUT2D eigenvalue weighted by molar-refractivity contribution is 8.02. The molecule has 5 rings (SSSR count). The van der Waals surface area contributed by atoms with Crippen LogP contribution in [0.25, 0.3) is 0 Å². The zero-order chi connectivity index (χ0) is 30.6. The van der Waals surface area contributed by atoms with Crippen molar-refractivity contribution in [2.45, 2.75) is 48.9 Å². The Hall–Kier alpha value is -4.06. The van der Waals surface area contributed by atoms with Crippen LogP contribution < -0.4 is 5.32 Å². The minimum Gasteiger partial charge on any atom is -0.614 e. The number of ether oxygens (including phenoxy) is 2. The van der Waals surface area contributed by atoms with Gasteiger partial charge in [-0.25, -0.2) is 14.6 Å². The van der Waals surface area contributed by atoms with Crippen LogP contribution in [-0.2, 0) is 30.2 Å². The molecule has 11 heteroatoms. The molecule has 2 aromatic carbocycles. The Morgan fingerprint density at radius 3 is 2.26 bits per heavy atom. The van der Waals surface area contributed by atoms with Crippen molar-refractivity contribution in [3.63, 3.8) is 0 Å². The first-order chi connectivity index (χ1) is 20.6. The Balaban J connectivity index is 1.47. The van der Waals surface area contributed by atoms with Crippen molar-refractivity contribution >= 4 is 40.9 Å². The van der Waals surface area contributed by atoms with E-state index in [1.165, 1.54) is 16.7 Å². The van der Waals surface area contributed by atoms with E-state index in [4.69, 9.17) is 9.47 Å².